The monoisotopic (exact) mass is 584 g/mol. The van der Waals surface area contributed by atoms with Crippen molar-refractivity contribution in [1.82, 2.24) is 0 Å². The zero-order valence-corrected chi connectivity index (χ0v) is 23.4. The number of para-hydroxylation sites is 1. The molecule has 9 nitrogen and oxygen atoms in total. The number of rotatable bonds is 5. The minimum atomic E-state index is -1.80. The van der Waals surface area contributed by atoms with Crippen LogP contribution in [-0.4, -0.2) is 40.3 Å². The first kappa shape index (κ1) is 27.2. The molecular formula is C35H24N2O7. The summed E-state index contributed by atoms with van der Waals surface area (Å²) in [7, 11) is 0. The molecule has 0 bridgehead atoms. The summed E-state index contributed by atoms with van der Waals surface area (Å²) in [5.41, 5.74) is 0.372. The molecule has 4 aromatic carbocycles. The van der Waals surface area contributed by atoms with Crippen LogP contribution in [-0.2, 0) is 4.79 Å². The van der Waals surface area contributed by atoms with Crippen molar-refractivity contribution >= 4 is 40.8 Å². The Bertz CT molecular complexity index is 1900. The SMILES string of the molecule is CC(=O)Oc1cccc2c1N1[C@H](C(=O)c3ccccc3)[C@@H](c3ccc([N+](=O)[O-])cc3)C3(C(=O)c4ccccc4C3=O)[C@@H]1C=C2. The average Bonchev–Trinajstić information content (AvgIpc) is 3.47. The number of nitro groups is 1. The lowest BCUT2D eigenvalue weighted by molar-refractivity contribution is -0.384. The highest BCUT2D eigenvalue weighted by Crippen LogP contribution is 2.62. The second-order valence-electron chi connectivity index (χ2n) is 11.1. The Morgan fingerprint density at radius 3 is 2.09 bits per heavy atom. The standard InChI is InChI=1S/C35H24N2O7/c1-20(38)44-27-13-7-10-22-16-19-28-35(33(40)25-11-5-6-12-26(25)34(35)41)29(21-14-17-24(18-15-21)37(42)43)31(36(28)30(22)27)32(39)23-8-3-2-4-9-23/h2-19,28-29,31H,1H3/t28-,29+,31-/m0/s1. The molecule has 0 radical (unpaired) electrons. The average molecular weight is 585 g/mol. The Labute approximate surface area is 251 Å². The molecule has 0 aromatic heterocycles. The van der Waals surface area contributed by atoms with Crippen LogP contribution in [0.3, 0.4) is 0 Å². The molecular weight excluding hydrogens is 560 g/mol. The van der Waals surface area contributed by atoms with E-state index in [2.05, 4.69) is 0 Å². The van der Waals surface area contributed by atoms with Crippen LogP contribution in [0.15, 0.2) is 103 Å². The van der Waals surface area contributed by atoms with E-state index in [9.17, 15) is 29.3 Å². The Kier molecular flexibility index (Phi) is 6.14. The van der Waals surface area contributed by atoms with E-state index < -0.39 is 45.9 Å². The zero-order chi connectivity index (χ0) is 30.7. The fourth-order valence-corrected chi connectivity index (χ4v) is 7.17. The lowest BCUT2D eigenvalue weighted by atomic mass is 9.64. The predicted octanol–water partition coefficient (Wildman–Crippen LogP) is 5.84. The molecule has 44 heavy (non-hydrogen) atoms. The quantitative estimate of drug-likeness (QED) is 0.0716. The molecule has 216 valence electrons. The van der Waals surface area contributed by atoms with Crippen molar-refractivity contribution in [3.05, 3.63) is 141 Å². The summed E-state index contributed by atoms with van der Waals surface area (Å²) in [6.45, 7) is 1.27. The lowest BCUT2D eigenvalue weighted by Crippen LogP contribution is -2.48. The topological polar surface area (TPSA) is 124 Å². The van der Waals surface area contributed by atoms with Crippen LogP contribution in [0.25, 0.3) is 6.08 Å². The minimum absolute atomic E-state index is 0.167. The third-order valence-corrected chi connectivity index (χ3v) is 8.83. The largest absolute Gasteiger partial charge is 0.424 e. The van der Waals surface area contributed by atoms with E-state index in [1.165, 1.54) is 31.2 Å². The summed E-state index contributed by atoms with van der Waals surface area (Å²) in [5.74, 6) is -2.67. The second kappa shape index (κ2) is 9.95. The van der Waals surface area contributed by atoms with Gasteiger partial charge in [-0.2, -0.15) is 0 Å². The van der Waals surface area contributed by atoms with Crippen LogP contribution in [0, 0.1) is 15.5 Å². The highest BCUT2D eigenvalue weighted by molar-refractivity contribution is 6.32. The molecule has 0 N–H and O–H groups in total. The van der Waals surface area contributed by atoms with Gasteiger partial charge < -0.3 is 9.64 Å². The van der Waals surface area contributed by atoms with Gasteiger partial charge in [-0.25, -0.2) is 0 Å². The van der Waals surface area contributed by atoms with E-state index in [1.54, 1.807) is 89.8 Å². The molecule has 4 aromatic rings. The van der Waals surface area contributed by atoms with Crippen molar-refractivity contribution in [2.45, 2.75) is 24.9 Å². The summed E-state index contributed by atoms with van der Waals surface area (Å²) in [6, 6.07) is 23.9. The first-order chi connectivity index (χ1) is 21.2. The van der Waals surface area contributed by atoms with Crippen molar-refractivity contribution in [2.75, 3.05) is 4.90 Å². The fraction of sp³-hybridized carbons (Fsp3) is 0.143. The van der Waals surface area contributed by atoms with Crippen LogP contribution in [0.2, 0.25) is 0 Å². The Morgan fingerprint density at radius 2 is 1.48 bits per heavy atom. The number of nitrogens with zero attached hydrogens (tertiary/aromatic N) is 2. The van der Waals surface area contributed by atoms with Gasteiger partial charge >= 0.3 is 5.97 Å². The molecule has 2 aliphatic heterocycles. The smallest absolute Gasteiger partial charge is 0.308 e. The third-order valence-electron chi connectivity index (χ3n) is 8.83. The highest BCUT2D eigenvalue weighted by Gasteiger charge is 2.71. The number of carbonyl (C=O) groups is 4. The molecule has 0 amide bonds. The van der Waals surface area contributed by atoms with Gasteiger partial charge in [0.05, 0.1) is 16.7 Å². The van der Waals surface area contributed by atoms with Crippen molar-refractivity contribution in [3.8, 4) is 5.75 Å². The first-order valence-corrected chi connectivity index (χ1v) is 14.1. The van der Waals surface area contributed by atoms with Crippen LogP contribution >= 0.6 is 0 Å². The Balaban J connectivity index is 1.56. The number of anilines is 1. The summed E-state index contributed by atoms with van der Waals surface area (Å²) in [6.07, 6.45) is 3.54. The molecule has 0 unspecified atom stereocenters. The first-order valence-electron chi connectivity index (χ1n) is 14.1. The number of Topliss-reactive ketones (excluding diaryl/α,β-unsaturated/α-hetero) is 3. The number of ether oxygens (including phenoxy) is 1. The van der Waals surface area contributed by atoms with Gasteiger partial charge in [0, 0.05) is 47.2 Å². The number of benzene rings is 4. The molecule has 2 heterocycles. The Morgan fingerprint density at radius 1 is 0.841 bits per heavy atom. The van der Waals surface area contributed by atoms with Gasteiger partial charge in [-0.15, -0.1) is 0 Å². The number of esters is 1. The van der Waals surface area contributed by atoms with Crippen LogP contribution < -0.4 is 9.64 Å². The van der Waals surface area contributed by atoms with Gasteiger partial charge in [0.2, 0.25) is 0 Å². The summed E-state index contributed by atoms with van der Waals surface area (Å²) in [5, 5.41) is 11.5. The van der Waals surface area contributed by atoms with E-state index >= 15 is 0 Å². The zero-order valence-electron chi connectivity index (χ0n) is 23.4. The van der Waals surface area contributed by atoms with Crippen LogP contribution in [0.4, 0.5) is 11.4 Å². The summed E-state index contributed by atoms with van der Waals surface area (Å²) < 4.78 is 5.63. The lowest BCUT2D eigenvalue weighted by Gasteiger charge is -2.37. The molecule has 0 saturated carbocycles. The van der Waals surface area contributed by atoms with Crippen molar-refractivity contribution in [2.24, 2.45) is 5.41 Å². The predicted molar refractivity (Wildman–Crippen MR) is 161 cm³/mol. The van der Waals surface area contributed by atoms with Gasteiger partial charge in [0.15, 0.2) is 23.1 Å². The normalized spacial score (nSPS) is 20.7. The number of carbonyl (C=O) groups excluding carboxylic acids is 4. The summed E-state index contributed by atoms with van der Waals surface area (Å²) >= 11 is 0. The van der Waals surface area contributed by atoms with Gasteiger partial charge in [-0.3, -0.25) is 29.3 Å². The van der Waals surface area contributed by atoms with Crippen molar-refractivity contribution in [1.29, 1.82) is 0 Å². The fourth-order valence-electron chi connectivity index (χ4n) is 7.17. The van der Waals surface area contributed by atoms with Gasteiger partial charge in [-0.1, -0.05) is 91.0 Å². The molecule has 1 aliphatic carbocycles. The van der Waals surface area contributed by atoms with Crippen molar-refractivity contribution < 1.29 is 28.8 Å². The number of hydrogen-bond donors (Lipinski definition) is 0. The number of non-ortho nitro benzene ring substituents is 1. The molecule has 7 rings (SSSR count). The van der Waals surface area contributed by atoms with Crippen molar-refractivity contribution in [3.63, 3.8) is 0 Å². The number of nitro benzene ring substituents is 1. The maximum Gasteiger partial charge on any atom is 0.308 e. The van der Waals surface area contributed by atoms with E-state index in [-0.39, 0.29) is 28.3 Å². The van der Waals surface area contributed by atoms with Gasteiger partial charge in [0.25, 0.3) is 5.69 Å². The molecule has 3 aliphatic rings. The van der Waals surface area contributed by atoms with Crippen LogP contribution in [0.1, 0.15) is 55.0 Å². The van der Waals surface area contributed by atoms with E-state index in [4.69, 9.17) is 4.74 Å². The highest BCUT2D eigenvalue weighted by atomic mass is 16.6. The van der Waals surface area contributed by atoms with Gasteiger partial charge in [0.1, 0.15) is 11.5 Å². The molecule has 3 atom stereocenters. The van der Waals surface area contributed by atoms with E-state index in [0.717, 1.165) is 0 Å². The molecule has 1 fully saturated rings. The second-order valence-corrected chi connectivity index (χ2v) is 11.1. The van der Waals surface area contributed by atoms with Gasteiger partial charge in [-0.05, 0) is 11.6 Å². The third kappa shape index (κ3) is 3.72. The summed E-state index contributed by atoms with van der Waals surface area (Å²) in [4.78, 5) is 69.2. The molecule has 9 heteroatoms. The minimum Gasteiger partial charge on any atom is -0.424 e. The molecule has 1 spiro atoms. The van der Waals surface area contributed by atoms with E-state index in [0.29, 0.717) is 22.4 Å². The number of ketones is 3. The maximum absolute atomic E-state index is 14.7. The molecule has 1 saturated heterocycles. The number of fused-ring (bicyclic) bond motifs is 5. The van der Waals surface area contributed by atoms with Crippen LogP contribution in [0.5, 0.6) is 5.75 Å². The Hall–Kier alpha value is -5.70. The maximum atomic E-state index is 14.7. The van der Waals surface area contributed by atoms with E-state index in [1.807, 2.05) is 0 Å². The number of hydrogen-bond acceptors (Lipinski definition) is 8.